The number of unbranched alkanes of at least 4 members (excludes halogenated alkanes) is 1. The van der Waals surface area contributed by atoms with Crippen LogP contribution in [0.4, 0.5) is 0 Å². The first-order valence-corrected chi connectivity index (χ1v) is 8.91. The van der Waals surface area contributed by atoms with Gasteiger partial charge in [-0.2, -0.15) is 0 Å². The molecule has 0 rings (SSSR count). The lowest BCUT2D eigenvalue weighted by molar-refractivity contribution is -0.121. The number of nitrogens with zero attached hydrogens (tertiary/aromatic N) is 1. The van der Waals surface area contributed by atoms with Crippen LogP contribution < -0.4 is 5.32 Å². The van der Waals surface area contributed by atoms with Crippen molar-refractivity contribution in [2.45, 2.75) is 87.0 Å². The van der Waals surface area contributed by atoms with E-state index in [9.17, 15) is 4.79 Å². The smallest absolute Gasteiger partial charge is 0.219 e. The largest absolute Gasteiger partial charge is 0.356 e. The van der Waals surface area contributed by atoms with Gasteiger partial charge >= 0.3 is 0 Å². The van der Waals surface area contributed by atoms with Crippen molar-refractivity contribution in [1.82, 2.24) is 10.2 Å². The van der Waals surface area contributed by atoms with Gasteiger partial charge in [0, 0.05) is 13.0 Å². The minimum atomic E-state index is 0.180. The lowest BCUT2D eigenvalue weighted by Gasteiger charge is -2.05. The minimum Gasteiger partial charge on any atom is -0.356 e. The van der Waals surface area contributed by atoms with E-state index in [0.29, 0.717) is 6.42 Å². The molecule has 1 amide bonds. The summed E-state index contributed by atoms with van der Waals surface area (Å²) in [6, 6.07) is 0. The number of hydrogen-bond donors (Lipinski definition) is 1. The number of carbonyl (C=O) groups is 1. The zero-order valence-electron chi connectivity index (χ0n) is 16.5. The molecular weight excluding hydrogens is 260 g/mol. The number of hydrogen-bond acceptors (Lipinski definition) is 2. The van der Waals surface area contributed by atoms with Crippen molar-refractivity contribution in [2.24, 2.45) is 0 Å². The predicted octanol–water partition coefficient (Wildman–Crippen LogP) is 5.10. The van der Waals surface area contributed by atoms with Crippen molar-refractivity contribution < 1.29 is 4.79 Å². The molecule has 0 heterocycles. The van der Waals surface area contributed by atoms with E-state index < -0.39 is 0 Å². The van der Waals surface area contributed by atoms with Crippen LogP contribution in [-0.4, -0.2) is 38.0 Å². The van der Waals surface area contributed by atoms with Crippen molar-refractivity contribution in [3.05, 3.63) is 0 Å². The summed E-state index contributed by atoms with van der Waals surface area (Å²) in [5, 5.41) is 2.79. The molecule has 0 unspecified atom stereocenters. The molecule has 0 bridgehead atoms. The highest BCUT2D eigenvalue weighted by molar-refractivity contribution is 5.75. The summed E-state index contributed by atoms with van der Waals surface area (Å²) in [6.45, 7) is 16.6. The molecule has 0 saturated heterocycles. The molecule has 0 aliphatic rings. The molecule has 3 nitrogen and oxygen atoms in total. The second-order valence-corrected chi connectivity index (χ2v) is 4.96. The maximum atomic E-state index is 10.7. The Morgan fingerprint density at radius 1 is 0.905 bits per heavy atom. The van der Waals surface area contributed by atoms with Crippen LogP contribution >= 0.6 is 0 Å². The zero-order valence-corrected chi connectivity index (χ0v) is 16.5. The van der Waals surface area contributed by atoms with Gasteiger partial charge in [0.2, 0.25) is 5.91 Å². The lowest BCUT2D eigenvalue weighted by atomic mass is 10.3. The van der Waals surface area contributed by atoms with Gasteiger partial charge in [-0.05, 0) is 39.9 Å². The van der Waals surface area contributed by atoms with Crippen LogP contribution in [0.5, 0.6) is 0 Å². The molecule has 0 radical (unpaired) electrons. The Balaban J connectivity index is -0.000000107. The normalized spacial score (nSPS) is 8.48. The van der Waals surface area contributed by atoms with E-state index >= 15 is 0 Å². The number of carbonyl (C=O) groups excluding carboxylic acids is 1. The highest BCUT2D eigenvalue weighted by Gasteiger charge is 1.94. The molecule has 0 aromatic rings. The van der Waals surface area contributed by atoms with Gasteiger partial charge in [-0.15, -0.1) is 0 Å². The number of amides is 1. The fourth-order valence-electron chi connectivity index (χ4n) is 1.05. The SMILES string of the molecule is CC.CCC.CCCCN(C)C.CCCNC(=O)CCC. The van der Waals surface area contributed by atoms with Gasteiger partial charge < -0.3 is 10.2 Å². The maximum Gasteiger partial charge on any atom is 0.219 e. The fourth-order valence-corrected chi connectivity index (χ4v) is 1.05. The molecule has 21 heavy (non-hydrogen) atoms. The summed E-state index contributed by atoms with van der Waals surface area (Å²) >= 11 is 0. The zero-order chi connectivity index (χ0) is 17.5. The van der Waals surface area contributed by atoms with Crippen LogP contribution in [0.25, 0.3) is 0 Å². The number of nitrogens with one attached hydrogen (secondary N) is 1. The highest BCUT2D eigenvalue weighted by Crippen LogP contribution is 1.86. The van der Waals surface area contributed by atoms with Crippen molar-refractivity contribution >= 4 is 5.91 Å². The molecule has 0 aliphatic heterocycles. The summed E-state index contributed by atoms with van der Waals surface area (Å²) in [7, 11) is 4.21. The minimum absolute atomic E-state index is 0.180. The van der Waals surface area contributed by atoms with Crippen LogP contribution in [0.15, 0.2) is 0 Å². The second-order valence-electron chi connectivity index (χ2n) is 4.96. The van der Waals surface area contributed by atoms with Gasteiger partial charge in [0.1, 0.15) is 0 Å². The third-order valence-electron chi connectivity index (χ3n) is 2.01. The van der Waals surface area contributed by atoms with Crippen LogP contribution in [-0.2, 0) is 4.79 Å². The fraction of sp³-hybridized carbons (Fsp3) is 0.944. The van der Waals surface area contributed by atoms with Gasteiger partial charge in [-0.3, -0.25) is 4.79 Å². The van der Waals surface area contributed by atoms with Crippen molar-refractivity contribution in [1.29, 1.82) is 0 Å². The van der Waals surface area contributed by atoms with E-state index in [2.05, 4.69) is 45.1 Å². The molecule has 0 fully saturated rings. The molecule has 0 spiro atoms. The highest BCUT2D eigenvalue weighted by atomic mass is 16.1. The lowest BCUT2D eigenvalue weighted by Crippen LogP contribution is -2.23. The third-order valence-corrected chi connectivity index (χ3v) is 2.01. The summed E-state index contributed by atoms with van der Waals surface area (Å²) in [6.07, 6.45) is 6.51. The summed E-state index contributed by atoms with van der Waals surface area (Å²) in [4.78, 5) is 12.9. The Morgan fingerprint density at radius 2 is 1.38 bits per heavy atom. The van der Waals surface area contributed by atoms with Crippen molar-refractivity contribution in [2.75, 3.05) is 27.2 Å². The van der Waals surface area contributed by atoms with E-state index in [1.54, 1.807) is 0 Å². The number of rotatable bonds is 7. The van der Waals surface area contributed by atoms with E-state index in [4.69, 9.17) is 0 Å². The molecule has 1 N–H and O–H groups in total. The van der Waals surface area contributed by atoms with Gasteiger partial charge in [-0.25, -0.2) is 0 Å². The quantitative estimate of drug-likeness (QED) is 0.709. The molecule has 132 valence electrons. The second kappa shape index (κ2) is 31.7. The summed E-state index contributed by atoms with van der Waals surface area (Å²) in [5.74, 6) is 0.180. The molecule has 3 heteroatoms. The first-order valence-electron chi connectivity index (χ1n) is 8.91. The average molecular weight is 305 g/mol. The van der Waals surface area contributed by atoms with E-state index in [-0.39, 0.29) is 5.91 Å². The van der Waals surface area contributed by atoms with E-state index in [1.165, 1.54) is 25.8 Å². The van der Waals surface area contributed by atoms with Crippen molar-refractivity contribution in [3.63, 3.8) is 0 Å². The maximum absolute atomic E-state index is 10.7. The summed E-state index contributed by atoms with van der Waals surface area (Å²) in [5.41, 5.74) is 0. The van der Waals surface area contributed by atoms with Crippen molar-refractivity contribution in [3.8, 4) is 0 Å². The van der Waals surface area contributed by atoms with Gasteiger partial charge in [0.25, 0.3) is 0 Å². The van der Waals surface area contributed by atoms with Crippen LogP contribution in [0.3, 0.4) is 0 Å². The monoisotopic (exact) mass is 304 g/mol. The van der Waals surface area contributed by atoms with E-state index in [0.717, 1.165) is 19.4 Å². The van der Waals surface area contributed by atoms with Crippen LogP contribution in [0.1, 0.15) is 87.0 Å². The third kappa shape index (κ3) is 54.3. The average Bonchev–Trinajstić information content (AvgIpc) is 2.47. The van der Waals surface area contributed by atoms with Crippen LogP contribution in [0, 0.1) is 0 Å². The molecule has 0 aromatic heterocycles. The Kier molecular flexibility index (Phi) is 43.1. The Labute approximate surface area is 135 Å². The molecule has 0 saturated carbocycles. The van der Waals surface area contributed by atoms with E-state index in [1.807, 2.05) is 27.7 Å². The topological polar surface area (TPSA) is 32.3 Å². The molecule has 0 aliphatic carbocycles. The predicted molar refractivity (Wildman–Crippen MR) is 99.0 cm³/mol. The van der Waals surface area contributed by atoms with Gasteiger partial charge in [0.05, 0.1) is 0 Å². The molecular formula is C18H44N2O. The first kappa shape index (κ1) is 28.6. The Morgan fingerprint density at radius 3 is 1.62 bits per heavy atom. The summed E-state index contributed by atoms with van der Waals surface area (Å²) < 4.78 is 0. The first-order chi connectivity index (χ1) is 9.99. The Bertz CT molecular complexity index is 159. The molecule has 0 atom stereocenters. The van der Waals surface area contributed by atoms with Gasteiger partial charge in [-0.1, -0.05) is 61.3 Å². The Hall–Kier alpha value is -0.570. The van der Waals surface area contributed by atoms with Crippen LogP contribution in [0.2, 0.25) is 0 Å². The standard InChI is InChI=1S/C7H15NO.C6H15N.C3H8.C2H6/c1-3-5-7(9)8-6-4-2;1-4-5-6-7(2)3;1-3-2;1-2/h3-6H2,1-2H3,(H,8,9);4-6H2,1-3H3;3H2,1-2H3;1-2H3. The molecule has 0 aromatic carbocycles. The van der Waals surface area contributed by atoms with Gasteiger partial charge in [0.15, 0.2) is 0 Å².